The van der Waals surface area contributed by atoms with Crippen molar-refractivity contribution in [2.75, 3.05) is 0 Å². The van der Waals surface area contributed by atoms with E-state index in [0.29, 0.717) is 28.6 Å². The maximum absolute atomic E-state index is 8.83. The van der Waals surface area contributed by atoms with Gasteiger partial charge in [-0.1, -0.05) is 140 Å². The first kappa shape index (κ1) is 29.7. The molecule has 7 aromatic carbocycles. The van der Waals surface area contributed by atoms with Crippen LogP contribution in [0, 0.1) is 5.41 Å². The number of benzene rings is 7. The van der Waals surface area contributed by atoms with E-state index in [0.717, 1.165) is 27.8 Å². The second kappa shape index (κ2) is 11.9. The Morgan fingerprint density at radius 3 is 1.80 bits per heavy atom. The molecular formula is C45H32N2O3. The molecule has 0 saturated carbocycles. The molecule has 50 heavy (non-hydrogen) atoms. The van der Waals surface area contributed by atoms with Crippen LogP contribution >= 0.6 is 0 Å². The quantitative estimate of drug-likeness (QED) is 0.107. The highest BCUT2D eigenvalue weighted by Gasteiger charge is 2.47. The molecule has 5 nitrogen and oxygen atoms in total. The van der Waals surface area contributed by atoms with E-state index in [9.17, 15) is 0 Å². The van der Waals surface area contributed by atoms with Gasteiger partial charge in [-0.2, -0.15) is 0 Å². The minimum atomic E-state index is -0.764. The van der Waals surface area contributed by atoms with Crippen molar-refractivity contribution < 1.29 is 14.2 Å². The average Bonchev–Trinajstić information content (AvgIpc) is 3.46. The molecule has 0 bridgehead atoms. The Morgan fingerprint density at radius 2 is 1.08 bits per heavy atom. The van der Waals surface area contributed by atoms with Crippen LogP contribution in [0.5, 0.6) is 23.0 Å². The normalized spacial score (nSPS) is 13.8. The van der Waals surface area contributed by atoms with Gasteiger partial charge in [0.1, 0.15) is 0 Å². The highest BCUT2D eigenvalue weighted by atomic mass is 16.6. The van der Waals surface area contributed by atoms with E-state index in [1.54, 1.807) is 0 Å². The molecular weight excluding hydrogens is 617 g/mol. The van der Waals surface area contributed by atoms with Gasteiger partial charge in [-0.15, -0.1) is 0 Å². The van der Waals surface area contributed by atoms with Gasteiger partial charge in [-0.05, 0) is 74.8 Å². The molecule has 0 fully saturated rings. The van der Waals surface area contributed by atoms with Crippen molar-refractivity contribution in [1.29, 1.82) is 5.41 Å². The summed E-state index contributed by atoms with van der Waals surface area (Å²) >= 11 is 0. The highest BCUT2D eigenvalue weighted by molar-refractivity contribution is 5.99. The van der Waals surface area contributed by atoms with Crippen molar-refractivity contribution in [1.82, 2.24) is 0 Å². The monoisotopic (exact) mass is 648 g/mol. The van der Waals surface area contributed by atoms with E-state index >= 15 is 0 Å². The Balaban J connectivity index is 1.12. The Morgan fingerprint density at radius 1 is 0.520 bits per heavy atom. The van der Waals surface area contributed by atoms with Crippen LogP contribution in [0.15, 0.2) is 170 Å². The fourth-order valence-electron chi connectivity index (χ4n) is 7.52. The van der Waals surface area contributed by atoms with Crippen molar-refractivity contribution in [2.45, 2.75) is 11.6 Å². The number of ether oxygens (including phenoxy) is 3. The van der Waals surface area contributed by atoms with Crippen LogP contribution in [0.2, 0.25) is 0 Å². The number of hydrogen-bond acceptors (Lipinski definition) is 5. The fraction of sp³-hybridized carbons (Fsp3) is 0.0444. The van der Waals surface area contributed by atoms with Gasteiger partial charge in [0.2, 0.25) is 5.90 Å². The third kappa shape index (κ3) is 4.71. The second-order valence-electron chi connectivity index (χ2n) is 12.6. The average molecular weight is 649 g/mol. The molecule has 1 atom stereocenters. The molecule has 7 aromatic rings. The van der Waals surface area contributed by atoms with Gasteiger partial charge < -0.3 is 14.2 Å². The molecule has 1 aliphatic carbocycles. The molecule has 0 amide bonds. The van der Waals surface area contributed by atoms with Crippen LogP contribution in [-0.4, -0.2) is 5.90 Å². The second-order valence-corrected chi connectivity index (χ2v) is 12.6. The molecule has 0 saturated heterocycles. The van der Waals surface area contributed by atoms with Crippen molar-refractivity contribution in [3.8, 4) is 45.3 Å². The van der Waals surface area contributed by atoms with Gasteiger partial charge >= 0.3 is 0 Å². The van der Waals surface area contributed by atoms with Gasteiger partial charge in [-0.25, -0.2) is 0 Å². The lowest BCUT2D eigenvalue weighted by atomic mass is 9.67. The van der Waals surface area contributed by atoms with Crippen LogP contribution in [-0.2, 0) is 10.2 Å². The summed E-state index contributed by atoms with van der Waals surface area (Å²) in [7, 11) is 0. The number of hydrogen-bond donors (Lipinski definition) is 2. The van der Waals surface area contributed by atoms with Gasteiger partial charge in [0.05, 0.1) is 5.41 Å². The zero-order chi connectivity index (χ0) is 33.7. The Kier molecular flexibility index (Phi) is 7.08. The standard InChI is InChI=1S/C45H32N2O3/c46-43(29-14-4-1-5-15-29)50-44(47)35-22-11-10-20-33(35)30-24-25-39-40(26-30)49-42-28-38-36(27-41(42)48-39)34-21-12-13-23-37(34)45(38,31-16-6-2-7-17-31)32-18-8-3-9-19-32/h1-28,43,47H,46H2. The molecule has 3 N–H and O–H groups in total. The molecule has 2 aliphatic rings. The van der Waals surface area contributed by atoms with Crippen LogP contribution in [0.1, 0.15) is 39.6 Å². The lowest BCUT2D eigenvalue weighted by molar-refractivity contribution is 0.199. The van der Waals surface area contributed by atoms with E-state index < -0.39 is 11.6 Å². The van der Waals surface area contributed by atoms with E-state index in [2.05, 4.69) is 97.1 Å². The van der Waals surface area contributed by atoms with Gasteiger partial charge in [-0.3, -0.25) is 11.1 Å². The molecule has 1 heterocycles. The third-order valence-corrected chi connectivity index (χ3v) is 9.76. The van der Waals surface area contributed by atoms with Crippen molar-refractivity contribution >= 4 is 5.90 Å². The van der Waals surface area contributed by atoms with Crippen molar-refractivity contribution in [3.05, 3.63) is 203 Å². The first-order chi connectivity index (χ1) is 24.6. The number of fused-ring (bicyclic) bond motifs is 5. The predicted octanol–water partition coefficient (Wildman–Crippen LogP) is 10.6. The summed E-state index contributed by atoms with van der Waals surface area (Å²) in [6.07, 6.45) is -0.764. The van der Waals surface area contributed by atoms with Gasteiger partial charge in [0.15, 0.2) is 29.2 Å². The van der Waals surface area contributed by atoms with Gasteiger partial charge in [0, 0.05) is 11.1 Å². The minimum absolute atomic E-state index is 0.00881. The topological polar surface area (TPSA) is 77.6 Å². The zero-order valence-electron chi connectivity index (χ0n) is 27.0. The largest absolute Gasteiger partial charge is 0.454 e. The van der Waals surface area contributed by atoms with E-state index in [-0.39, 0.29) is 5.90 Å². The summed E-state index contributed by atoms with van der Waals surface area (Å²) in [4.78, 5) is 0. The Hall–Kier alpha value is -6.43. The zero-order valence-corrected chi connectivity index (χ0v) is 27.0. The number of rotatable bonds is 6. The molecule has 1 unspecified atom stereocenters. The third-order valence-electron chi connectivity index (χ3n) is 9.76. The summed E-state index contributed by atoms with van der Waals surface area (Å²) in [6, 6.07) is 57.4. The lowest BCUT2D eigenvalue weighted by Gasteiger charge is -2.34. The lowest BCUT2D eigenvalue weighted by Crippen LogP contribution is -2.28. The maximum atomic E-state index is 8.83. The van der Waals surface area contributed by atoms with Crippen LogP contribution < -0.4 is 15.2 Å². The van der Waals surface area contributed by atoms with Crippen molar-refractivity contribution in [3.63, 3.8) is 0 Å². The summed E-state index contributed by atoms with van der Waals surface area (Å²) in [5.41, 5.74) is 15.9. The van der Waals surface area contributed by atoms with Crippen molar-refractivity contribution in [2.24, 2.45) is 5.73 Å². The molecule has 240 valence electrons. The Labute approximate surface area is 290 Å². The van der Waals surface area contributed by atoms with E-state index in [1.807, 2.05) is 72.8 Å². The fourth-order valence-corrected chi connectivity index (χ4v) is 7.52. The van der Waals surface area contributed by atoms with E-state index in [1.165, 1.54) is 22.3 Å². The maximum Gasteiger partial charge on any atom is 0.215 e. The first-order valence-electron chi connectivity index (χ1n) is 16.7. The Bertz CT molecular complexity index is 2350. The van der Waals surface area contributed by atoms with E-state index in [4.69, 9.17) is 25.4 Å². The summed E-state index contributed by atoms with van der Waals surface area (Å²) in [6.45, 7) is 0. The minimum Gasteiger partial charge on any atom is -0.454 e. The highest BCUT2D eigenvalue weighted by Crippen LogP contribution is 2.59. The smallest absolute Gasteiger partial charge is 0.215 e. The molecule has 0 radical (unpaired) electrons. The van der Waals surface area contributed by atoms with Crippen LogP contribution in [0.3, 0.4) is 0 Å². The first-order valence-corrected chi connectivity index (χ1v) is 16.7. The summed E-state index contributed by atoms with van der Waals surface area (Å²) in [5.74, 6) is 2.53. The number of nitrogens with two attached hydrogens (primary N) is 1. The molecule has 0 aromatic heterocycles. The van der Waals surface area contributed by atoms with Crippen LogP contribution in [0.4, 0.5) is 0 Å². The molecule has 0 spiro atoms. The van der Waals surface area contributed by atoms with Crippen LogP contribution in [0.25, 0.3) is 22.3 Å². The number of nitrogens with one attached hydrogen (secondary N) is 1. The molecule has 1 aliphatic heterocycles. The molecule has 9 rings (SSSR count). The molecule has 5 heteroatoms. The predicted molar refractivity (Wildman–Crippen MR) is 197 cm³/mol. The summed E-state index contributed by atoms with van der Waals surface area (Å²) in [5, 5.41) is 8.83. The van der Waals surface area contributed by atoms with Gasteiger partial charge in [0.25, 0.3) is 0 Å². The summed E-state index contributed by atoms with van der Waals surface area (Å²) < 4.78 is 19.2. The SMILES string of the molecule is N=C(OC(N)c1ccccc1)c1ccccc1-c1ccc2c(c1)Oc1cc3c(cc1O2)-c1ccccc1C3(c1ccccc1)c1ccccc1.